The van der Waals surface area contributed by atoms with Crippen molar-refractivity contribution in [2.75, 3.05) is 0 Å². The third-order valence-corrected chi connectivity index (χ3v) is 3.65. The third kappa shape index (κ3) is 2.73. The lowest BCUT2D eigenvalue weighted by Crippen LogP contribution is -2.30. The molecule has 0 aliphatic rings. The zero-order valence-electron chi connectivity index (χ0n) is 9.66. The molecule has 2 aromatic carbocycles. The summed E-state index contributed by atoms with van der Waals surface area (Å²) in [5, 5.41) is -4.11. The van der Waals surface area contributed by atoms with Gasteiger partial charge in [-0.1, -0.05) is 48.5 Å². The second-order valence-corrected chi connectivity index (χ2v) is 5.32. The summed E-state index contributed by atoms with van der Waals surface area (Å²) >= 11 is 0. The lowest BCUT2D eigenvalue weighted by molar-refractivity contribution is 0.0805. The Hall–Kier alpha value is -1.95. The third-order valence-electron chi connectivity index (χ3n) is 2.37. The Balaban J connectivity index is 2.34. The van der Waals surface area contributed by atoms with E-state index < -0.39 is 20.9 Å². The Labute approximate surface area is 109 Å². The highest BCUT2D eigenvalue weighted by Crippen LogP contribution is 2.35. The Bertz CT molecular complexity index is 640. The molecule has 0 N–H and O–H groups in total. The van der Waals surface area contributed by atoms with Gasteiger partial charge in [0.25, 0.3) is 0 Å². The maximum atomic E-state index is 13.9. The van der Waals surface area contributed by atoms with Crippen molar-refractivity contribution >= 4 is 10.1 Å². The maximum Gasteiger partial charge on any atom is 0.405 e. The number of halogens is 2. The number of benzene rings is 2. The Kier molecular flexibility index (Phi) is 3.53. The molecule has 0 amide bonds. The summed E-state index contributed by atoms with van der Waals surface area (Å²) in [5.41, 5.74) is -0.633. The fraction of sp³-hybridized carbons (Fsp3) is 0.0769. The minimum Gasteiger partial charge on any atom is -0.378 e. The summed E-state index contributed by atoms with van der Waals surface area (Å²) in [6.07, 6.45) is 0. The number of hydrogen-bond donors (Lipinski definition) is 0. The first-order chi connectivity index (χ1) is 8.93. The molecule has 0 radical (unpaired) electrons. The van der Waals surface area contributed by atoms with Crippen LogP contribution in [0.3, 0.4) is 0 Å². The van der Waals surface area contributed by atoms with Crippen LogP contribution in [0.4, 0.5) is 8.78 Å². The van der Waals surface area contributed by atoms with Crippen LogP contribution in [0.2, 0.25) is 0 Å². The molecule has 0 spiro atoms. The van der Waals surface area contributed by atoms with E-state index in [0.717, 1.165) is 12.1 Å². The van der Waals surface area contributed by atoms with Crippen LogP contribution in [0, 0.1) is 0 Å². The molecule has 3 nitrogen and oxygen atoms in total. The normalized spacial score (nSPS) is 12.1. The smallest absolute Gasteiger partial charge is 0.378 e. The SMILES string of the molecule is O=S(=O)(Oc1ccccc1)C(F)(F)c1ccccc1. The zero-order chi connectivity index (χ0) is 13.9. The quantitative estimate of drug-likeness (QED) is 0.810. The van der Waals surface area contributed by atoms with Gasteiger partial charge in [-0.3, -0.25) is 0 Å². The highest BCUT2D eigenvalue weighted by atomic mass is 32.2. The van der Waals surface area contributed by atoms with Gasteiger partial charge in [0, 0.05) is 5.56 Å². The number of hydrogen-bond acceptors (Lipinski definition) is 3. The number of alkyl halides is 2. The Morgan fingerprint density at radius 2 is 1.32 bits per heavy atom. The van der Waals surface area contributed by atoms with Crippen LogP contribution in [0.5, 0.6) is 5.75 Å². The van der Waals surface area contributed by atoms with Crippen LogP contribution in [-0.4, -0.2) is 8.42 Å². The van der Waals surface area contributed by atoms with Gasteiger partial charge in [-0.15, -0.1) is 0 Å². The van der Waals surface area contributed by atoms with Crippen molar-refractivity contribution in [3.8, 4) is 5.75 Å². The van der Waals surface area contributed by atoms with Crippen LogP contribution in [0.25, 0.3) is 0 Å². The summed E-state index contributed by atoms with van der Waals surface area (Å²) in [6, 6.07) is 13.4. The van der Waals surface area contributed by atoms with E-state index in [1.807, 2.05) is 0 Å². The maximum absolute atomic E-state index is 13.9. The average Bonchev–Trinajstić information content (AvgIpc) is 2.40. The second-order valence-electron chi connectivity index (χ2n) is 3.73. The molecule has 0 fully saturated rings. The van der Waals surface area contributed by atoms with Gasteiger partial charge in [0.1, 0.15) is 5.75 Å². The summed E-state index contributed by atoms with van der Waals surface area (Å²) in [7, 11) is -5.10. The van der Waals surface area contributed by atoms with Gasteiger partial charge in [0.05, 0.1) is 0 Å². The van der Waals surface area contributed by atoms with Gasteiger partial charge >= 0.3 is 15.4 Å². The van der Waals surface area contributed by atoms with E-state index in [4.69, 9.17) is 0 Å². The van der Waals surface area contributed by atoms with E-state index in [0.29, 0.717) is 0 Å². The minimum absolute atomic E-state index is 0.155. The van der Waals surface area contributed by atoms with Crippen molar-refractivity contribution in [2.24, 2.45) is 0 Å². The molecule has 100 valence electrons. The van der Waals surface area contributed by atoms with E-state index in [1.54, 1.807) is 6.07 Å². The Morgan fingerprint density at radius 1 is 0.842 bits per heavy atom. The highest BCUT2D eigenvalue weighted by Gasteiger charge is 2.49. The van der Waals surface area contributed by atoms with Gasteiger partial charge in [0.2, 0.25) is 0 Å². The molecule has 0 bridgehead atoms. The summed E-state index contributed by atoms with van der Waals surface area (Å²) in [5.74, 6) is -0.155. The van der Waals surface area contributed by atoms with Crippen molar-refractivity contribution in [1.29, 1.82) is 0 Å². The molecule has 0 saturated heterocycles. The van der Waals surface area contributed by atoms with Crippen LogP contribution in [0.15, 0.2) is 60.7 Å². The first kappa shape index (κ1) is 13.5. The predicted octanol–water partition coefficient (Wildman–Crippen LogP) is 3.14. The molecule has 6 heteroatoms. The second kappa shape index (κ2) is 4.97. The molecule has 0 heterocycles. The Morgan fingerprint density at radius 3 is 1.84 bits per heavy atom. The van der Waals surface area contributed by atoms with Gasteiger partial charge in [0.15, 0.2) is 0 Å². The van der Waals surface area contributed by atoms with E-state index in [1.165, 1.54) is 42.5 Å². The van der Waals surface area contributed by atoms with Crippen LogP contribution in [0.1, 0.15) is 5.56 Å². The molecule has 0 saturated carbocycles. The molecule has 0 aliphatic carbocycles. The van der Waals surface area contributed by atoms with E-state index >= 15 is 0 Å². The molecule has 2 rings (SSSR count). The standard InChI is InChI=1S/C13H10F2O3S/c14-13(15,11-7-3-1-4-8-11)19(16,17)18-12-9-5-2-6-10-12/h1-10H. The van der Waals surface area contributed by atoms with Gasteiger partial charge in [-0.2, -0.15) is 17.2 Å². The van der Waals surface area contributed by atoms with Crippen LogP contribution >= 0.6 is 0 Å². The summed E-state index contributed by atoms with van der Waals surface area (Å²) < 4.78 is 55.6. The molecule has 0 aromatic heterocycles. The van der Waals surface area contributed by atoms with Gasteiger partial charge < -0.3 is 4.18 Å². The molecule has 19 heavy (non-hydrogen) atoms. The molecule has 0 unspecified atom stereocenters. The lowest BCUT2D eigenvalue weighted by Gasteiger charge is -2.17. The van der Waals surface area contributed by atoms with Crippen LogP contribution in [-0.2, 0) is 15.4 Å². The summed E-state index contributed by atoms with van der Waals surface area (Å²) in [6.45, 7) is 0. The molecule has 0 aliphatic heterocycles. The van der Waals surface area contributed by atoms with Crippen LogP contribution < -0.4 is 4.18 Å². The average molecular weight is 284 g/mol. The topological polar surface area (TPSA) is 43.4 Å². The zero-order valence-corrected chi connectivity index (χ0v) is 10.5. The van der Waals surface area contributed by atoms with E-state index in [9.17, 15) is 17.2 Å². The monoisotopic (exact) mass is 284 g/mol. The van der Waals surface area contributed by atoms with Crippen molar-refractivity contribution in [3.05, 3.63) is 66.2 Å². The fourth-order valence-corrected chi connectivity index (χ4v) is 2.33. The summed E-state index contributed by atoms with van der Waals surface area (Å²) in [4.78, 5) is 0. The largest absolute Gasteiger partial charge is 0.405 e. The first-order valence-corrected chi connectivity index (χ1v) is 6.77. The number of rotatable bonds is 4. The minimum atomic E-state index is -5.10. The van der Waals surface area contributed by atoms with Crippen molar-refractivity contribution in [3.63, 3.8) is 0 Å². The fourth-order valence-electron chi connectivity index (χ4n) is 1.43. The van der Waals surface area contributed by atoms with Crippen molar-refractivity contribution in [2.45, 2.75) is 5.25 Å². The van der Waals surface area contributed by atoms with Gasteiger partial charge in [-0.05, 0) is 12.1 Å². The van der Waals surface area contributed by atoms with E-state index in [2.05, 4.69) is 4.18 Å². The lowest BCUT2D eigenvalue weighted by atomic mass is 10.2. The predicted molar refractivity (Wildman–Crippen MR) is 66.3 cm³/mol. The molecular weight excluding hydrogens is 274 g/mol. The molecule has 2 aromatic rings. The highest BCUT2D eigenvalue weighted by molar-refractivity contribution is 7.87. The van der Waals surface area contributed by atoms with Gasteiger partial charge in [-0.25, -0.2) is 0 Å². The first-order valence-electron chi connectivity index (χ1n) is 5.36. The van der Waals surface area contributed by atoms with Crippen molar-refractivity contribution < 1.29 is 21.4 Å². The molecule has 0 atom stereocenters. The van der Waals surface area contributed by atoms with E-state index in [-0.39, 0.29) is 5.75 Å². The number of para-hydroxylation sites is 1. The van der Waals surface area contributed by atoms with Crippen molar-refractivity contribution in [1.82, 2.24) is 0 Å². The molecular formula is C13H10F2O3S.